The highest BCUT2D eigenvalue weighted by Gasteiger charge is 2.40. The van der Waals surface area contributed by atoms with Crippen molar-refractivity contribution in [1.82, 2.24) is 5.32 Å². The summed E-state index contributed by atoms with van der Waals surface area (Å²) in [6.45, 7) is 1.55. The third-order valence-electron chi connectivity index (χ3n) is 4.82. The van der Waals surface area contributed by atoms with Crippen LogP contribution in [0.15, 0.2) is 0 Å². The fourth-order valence-electron chi connectivity index (χ4n) is 3.19. The van der Waals surface area contributed by atoms with Crippen LogP contribution in [0.3, 0.4) is 0 Å². The van der Waals surface area contributed by atoms with E-state index in [1.54, 1.807) is 7.11 Å². The molecule has 0 aromatic rings. The minimum absolute atomic E-state index is 0. The molecule has 2 saturated carbocycles. The van der Waals surface area contributed by atoms with Crippen LogP contribution in [0.4, 0.5) is 0 Å². The fourth-order valence-corrected chi connectivity index (χ4v) is 3.19. The summed E-state index contributed by atoms with van der Waals surface area (Å²) < 4.78 is 5.16. The highest BCUT2D eigenvalue weighted by molar-refractivity contribution is 5.86. The zero-order valence-electron chi connectivity index (χ0n) is 11.9. The topological polar surface area (TPSA) is 64.3 Å². The molecular formula is C14H27ClN2O2. The lowest BCUT2D eigenvalue weighted by molar-refractivity contribution is -0.127. The predicted molar refractivity (Wildman–Crippen MR) is 78.4 cm³/mol. The van der Waals surface area contributed by atoms with Crippen molar-refractivity contribution >= 4 is 18.3 Å². The Morgan fingerprint density at radius 2 is 1.84 bits per heavy atom. The molecule has 0 atom stereocenters. The Kier molecular flexibility index (Phi) is 6.09. The number of nitrogens with one attached hydrogen (secondary N) is 1. The van der Waals surface area contributed by atoms with Gasteiger partial charge >= 0.3 is 0 Å². The van der Waals surface area contributed by atoms with Crippen LogP contribution >= 0.6 is 12.4 Å². The maximum absolute atomic E-state index is 12.2. The third-order valence-corrected chi connectivity index (χ3v) is 4.82. The lowest BCUT2D eigenvalue weighted by atomic mass is 9.66. The molecule has 0 radical (unpaired) electrons. The van der Waals surface area contributed by atoms with E-state index in [2.05, 4.69) is 5.32 Å². The van der Waals surface area contributed by atoms with Crippen molar-refractivity contribution in [2.75, 3.05) is 20.3 Å². The van der Waals surface area contributed by atoms with Gasteiger partial charge in [-0.3, -0.25) is 4.79 Å². The maximum Gasteiger partial charge on any atom is 0.240 e. The van der Waals surface area contributed by atoms with Crippen molar-refractivity contribution in [2.24, 2.45) is 11.1 Å². The molecule has 1 amide bonds. The summed E-state index contributed by atoms with van der Waals surface area (Å²) in [6.07, 6.45) is 8.56. The Balaban J connectivity index is 0.00000180. The van der Waals surface area contributed by atoms with E-state index in [-0.39, 0.29) is 23.7 Å². The molecule has 0 aliphatic heterocycles. The Labute approximate surface area is 122 Å². The molecule has 0 aromatic carbocycles. The maximum atomic E-state index is 12.2. The van der Waals surface area contributed by atoms with Crippen LogP contribution in [0, 0.1) is 5.41 Å². The molecule has 0 unspecified atom stereocenters. The second-order valence-electron chi connectivity index (χ2n) is 6.14. The zero-order chi connectivity index (χ0) is 13.1. The Hall–Kier alpha value is -0.320. The van der Waals surface area contributed by atoms with Crippen molar-refractivity contribution in [1.29, 1.82) is 0 Å². The van der Waals surface area contributed by atoms with Gasteiger partial charge in [-0.2, -0.15) is 0 Å². The molecule has 4 nitrogen and oxygen atoms in total. The van der Waals surface area contributed by atoms with Gasteiger partial charge in [0, 0.05) is 20.3 Å². The van der Waals surface area contributed by atoms with Gasteiger partial charge in [-0.15, -0.1) is 12.4 Å². The first-order chi connectivity index (χ1) is 8.60. The van der Waals surface area contributed by atoms with E-state index in [0.717, 1.165) is 45.3 Å². The van der Waals surface area contributed by atoms with Crippen LogP contribution in [0.5, 0.6) is 0 Å². The van der Waals surface area contributed by atoms with Crippen LogP contribution in [-0.2, 0) is 9.53 Å². The summed E-state index contributed by atoms with van der Waals surface area (Å²) in [6, 6.07) is 0. The van der Waals surface area contributed by atoms with Crippen LogP contribution in [-0.4, -0.2) is 31.7 Å². The first-order valence-electron chi connectivity index (χ1n) is 7.16. The first kappa shape index (κ1) is 16.7. The van der Waals surface area contributed by atoms with Gasteiger partial charge in [0.25, 0.3) is 0 Å². The zero-order valence-corrected chi connectivity index (χ0v) is 12.7. The second-order valence-corrected chi connectivity index (χ2v) is 6.14. The quantitative estimate of drug-likeness (QED) is 0.786. The molecule has 2 aliphatic rings. The van der Waals surface area contributed by atoms with Gasteiger partial charge in [-0.1, -0.05) is 19.3 Å². The summed E-state index contributed by atoms with van der Waals surface area (Å²) in [4.78, 5) is 12.2. The molecule has 2 aliphatic carbocycles. The average Bonchev–Trinajstić information content (AvgIpc) is 2.75. The van der Waals surface area contributed by atoms with Crippen LogP contribution in [0.1, 0.15) is 51.4 Å². The van der Waals surface area contributed by atoms with Gasteiger partial charge in [-0.25, -0.2) is 0 Å². The molecule has 0 heterocycles. The van der Waals surface area contributed by atoms with E-state index in [0.29, 0.717) is 0 Å². The minimum atomic E-state index is -0.591. The molecule has 0 saturated heterocycles. The van der Waals surface area contributed by atoms with Crippen LogP contribution in [0.2, 0.25) is 0 Å². The molecule has 2 fully saturated rings. The van der Waals surface area contributed by atoms with Crippen LogP contribution < -0.4 is 11.1 Å². The van der Waals surface area contributed by atoms with Gasteiger partial charge in [-0.05, 0) is 37.5 Å². The summed E-state index contributed by atoms with van der Waals surface area (Å²) in [5, 5.41) is 3.10. The lowest BCUT2D eigenvalue weighted by Crippen LogP contribution is -2.54. The van der Waals surface area contributed by atoms with E-state index < -0.39 is 5.54 Å². The third kappa shape index (κ3) is 3.83. The summed E-state index contributed by atoms with van der Waals surface area (Å²) >= 11 is 0. The smallest absolute Gasteiger partial charge is 0.240 e. The number of halogens is 1. The highest BCUT2D eigenvalue weighted by atomic mass is 35.5. The second kappa shape index (κ2) is 6.91. The predicted octanol–water partition coefficient (Wildman–Crippen LogP) is 2.00. The molecular weight excluding hydrogens is 264 g/mol. The van der Waals surface area contributed by atoms with Gasteiger partial charge in [0.05, 0.1) is 5.54 Å². The molecule has 0 bridgehead atoms. The number of nitrogens with two attached hydrogens (primary N) is 1. The molecule has 0 aromatic heterocycles. The number of hydrogen-bond donors (Lipinski definition) is 2. The molecule has 3 N–H and O–H groups in total. The molecule has 19 heavy (non-hydrogen) atoms. The van der Waals surface area contributed by atoms with Crippen LogP contribution in [0.25, 0.3) is 0 Å². The average molecular weight is 291 g/mol. The SMILES string of the molecule is COCCC1(CNC(=O)C2(N)CCCC2)CCC1.Cl. The Morgan fingerprint density at radius 3 is 2.32 bits per heavy atom. The normalized spacial score (nSPS) is 23.3. The number of methoxy groups -OCH3 is 1. The van der Waals surface area contributed by atoms with Crippen molar-refractivity contribution in [3.63, 3.8) is 0 Å². The van der Waals surface area contributed by atoms with E-state index in [1.165, 1.54) is 19.3 Å². The van der Waals surface area contributed by atoms with E-state index in [1.807, 2.05) is 0 Å². The Morgan fingerprint density at radius 1 is 1.21 bits per heavy atom. The van der Waals surface area contributed by atoms with Crippen molar-refractivity contribution in [2.45, 2.75) is 56.9 Å². The van der Waals surface area contributed by atoms with Crippen molar-refractivity contribution in [3.8, 4) is 0 Å². The number of hydrogen-bond acceptors (Lipinski definition) is 3. The fraction of sp³-hybridized carbons (Fsp3) is 0.929. The van der Waals surface area contributed by atoms with E-state index >= 15 is 0 Å². The summed E-state index contributed by atoms with van der Waals surface area (Å²) in [5.74, 6) is 0.0590. The highest BCUT2D eigenvalue weighted by Crippen LogP contribution is 2.43. The Bertz CT molecular complexity index is 300. The van der Waals surface area contributed by atoms with Gasteiger partial charge in [0.1, 0.15) is 0 Å². The van der Waals surface area contributed by atoms with E-state index in [9.17, 15) is 4.79 Å². The molecule has 0 spiro atoms. The van der Waals surface area contributed by atoms with Gasteiger partial charge < -0.3 is 15.8 Å². The number of ether oxygens (including phenoxy) is 1. The van der Waals surface area contributed by atoms with Crippen molar-refractivity contribution in [3.05, 3.63) is 0 Å². The summed E-state index contributed by atoms with van der Waals surface area (Å²) in [7, 11) is 1.73. The largest absolute Gasteiger partial charge is 0.385 e. The molecule has 112 valence electrons. The molecule has 2 rings (SSSR count). The number of carbonyl (C=O) groups is 1. The summed E-state index contributed by atoms with van der Waals surface area (Å²) in [5.41, 5.74) is 5.84. The standard InChI is InChI=1S/C14H26N2O2.ClH/c1-18-10-9-13(5-4-6-13)11-16-12(17)14(15)7-2-3-8-14;/h2-11,15H2,1H3,(H,16,17);1H. The van der Waals surface area contributed by atoms with Crippen molar-refractivity contribution < 1.29 is 9.53 Å². The van der Waals surface area contributed by atoms with E-state index in [4.69, 9.17) is 10.5 Å². The monoisotopic (exact) mass is 290 g/mol. The molecule has 5 heteroatoms. The first-order valence-corrected chi connectivity index (χ1v) is 7.16. The number of amides is 1. The lowest BCUT2D eigenvalue weighted by Gasteiger charge is -2.42. The number of rotatable bonds is 6. The minimum Gasteiger partial charge on any atom is -0.385 e. The number of carbonyl (C=O) groups excluding carboxylic acids is 1. The van der Waals surface area contributed by atoms with Gasteiger partial charge in [0.2, 0.25) is 5.91 Å². The van der Waals surface area contributed by atoms with Gasteiger partial charge in [0.15, 0.2) is 0 Å².